The topological polar surface area (TPSA) is 44.3 Å². The van der Waals surface area contributed by atoms with Crippen LogP contribution in [0.4, 0.5) is 21.8 Å². The average molecular weight is 396 g/mol. The van der Waals surface area contributed by atoms with Crippen molar-refractivity contribution in [3.8, 4) is 0 Å². The van der Waals surface area contributed by atoms with Crippen LogP contribution in [0.2, 0.25) is 0 Å². The van der Waals surface area contributed by atoms with Crippen molar-refractivity contribution in [3.05, 3.63) is 53.5 Å². The molecule has 2 heterocycles. The smallest absolute Gasteiger partial charge is 0.224 e. The maximum absolute atomic E-state index is 13.2. The van der Waals surface area contributed by atoms with E-state index in [1.807, 2.05) is 19.1 Å². The molecule has 2 aliphatic rings. The zero-order valence-corrected chi connectivity index (χ0v) is 17.2. The Bertz CT molecular complexity index is 841. The molecule has 0 radical (unpaired) electrons. The molecule has 5 nitrogen and oxygen atoms in total. The molecule has 1 aliphatic carbocycles. The van der Waals surface area contributed by atoms with Gasteiger partial charge in [-0.3, -0.25) is 0 Å². The van der Waals surface area contributed by atoms with E-state index in [2.05, 4.69) is 32.2 Å². The Morgan fingerprint density at radius 1 is 1.00 bits per heavy atom. The summed E-state index contributed by atoms with van der Waals surface area (Å²) in [7, 11) is 0. The Balaban J connectivity index is 1.34. The third-order valence-corrected chi connectivity index (χ3v) is 5.75. The highest BCUT2D eigenvalue weighted by Gasteiger charge is 2.19. The summed E-state index contributed by atoms with van der Waals surface area (Å²) in [6.07, 6.45) is 8.58. The van der Waals surface area contributed by atoms with Gasteiger partial charge >= 0.3 is 0 Å². The molecule has 0 spiro atoms. The lowest BCUT2D eigenvalue weighted by Gasteiger charge is -2.36. The van der Waals surface area contributed by atoms with E-state index in [0.717, 1.165) is 62.3 Å². The molecular formula is C23H30FN5. The van der Waals surface area contributed by atoms with Crippen LogP contribution in [-0.2, 0) is 0 Å². The summed E-state index contributed by atoms with van der Waals surface area (Å²) in [5, 5.41) is 3.42. The van der Waals surface area contributed by atoms with E-state index < -0.39 is 0 Å². The normalized spacial score (nSPS) is 17.2. The van der Waals surface area contributed by atoms with E-state index in [1.165, 1.54) is 37.8 Å². The van der Waals surface area contributed by atoms with Gasteiger partial charge in [0.25, 0.3) is 0 Å². The summed E-state index contributed by atoms with van der Waals surface area (Å²) < 4.78 is 13.2. The minimum Gasteiger partial charge on any atom is -0.368 e. The van der Waals surface area contributed by atoms with Crippen molar-refractivity contribution in [1.82, 2.24) is 9.97 Å². The lowest BCUT2D eigenvalue weighted by molar-refractivity contribution is 0.624. The highest BCUT2D eigenvalue weighted by Crippen LogP contribution is 2.22. The van der Waals surface area contributed by atoms with Gasteiger partial charge in [0, 0.05) is 50.2 Å². The summed E-state index contributed by atoms with van der Waals surface area (Å²) in [5.74, 6) is 1.51. The molecule has 0 saturated carbocycles. The van der Waals surface area contributed by atoms with Gasteiger partial charge in [-0.15, -0.1) is 0 Å². The number of anilines is 3. The number of aryl methyl sites for hydroxylation is 1. The summed E-state index contributed by atoms with van der Waals surface area (Å²) in [6, 6.07) is 8.81. The average Bonchev–Trinajstić information content (AvgIpc) is 2.75. The van der Waals surface area contributed by atoms with Gasteiger partial charge in [-0.05, 0) is 63.3 Å². The highest BCUT2D eigenvalue weighted by molar-refractivity contribution is 5.50. The van der Waals surface area contributed by atoms with E-state index in [0.29, 0.717) is 0 Å². The number of aromatic nitrogens is 2. The molecule has 1 aromatic heterocycles. The molecule has 1 fully saturated rings. The van der Waals surface area contributed by atoms with Crippen molar-refractivity contribution >= 4 is 17.5 Å². The van der Waals surface area contributed by atoms with Crippen LogP contribution < -0.4 is 15.1 Å². The fourth-order valence-electron chi connectivity index (χ4n) is 4.11. The monoisotopic (exact) mass is 395 g/mol. The number of benzene rings is 1. The fourth-order valence-corrected chi connectivity index (χ4v) is 4.11. The summed E-state index contributed by atoms with van der Waals surface area (Å²) in [4.78, 5) is 13.9. The quantitative estimate of drug-likeness (QED) is 0.727. The van der Waals surface area contributed by atoms with Crippen LogP contribution in [0.25, 0.3) is 0 Å². The van der Waals surface area contributed by atoms with Crippen LogP contribution in [0.1, 0.15) is 37.8 Å². The standard InChI is InChI=1S/C23H30FN5/c1-18-17-22(27-23(26-18)25-12-11-19-5-3-2-4-6-19)29-15-13-28(14-16-29)21-9-7-20(24)8-10-21/h5,7-10,17H,2-4,6,11-16H2,1H3,(H,25,26,27). The molecule has 4 rings (SSSR count). The van der Waals surface area contributed by atoms with Crippen molar-refractivity contribution in [2.75, 3.05) is 47.8 Å². The van der Waals surface area contributed by atoms with Gasteiger partial charge in [-0.2, -0.15) is 4.98 Å². The summed E-state index contributed by atoms with van der Waals surface area (Å²) >= 11 is 0. The van der Waals surface area contributed by atoms with Gasteiger partial charge in [-0.1, -0.05) is 11.6 Å². The van der Waals surface area contributed by atoms with Crippen LogP contribution >= 0.6 is 0 Å². The van der Waals surface area contributed by atoms with Gasteiger partial charge in [0.05, 0.1) is 0 Å². The number of rotatable bonds is 6. The first-order valence-electron chi connectivity index (χ1n) is 10.7. The zero-order chi connectivity index (χ0) is 20.1. The maximum atomic E-state index is 13.2. The molecule has 1 aliphatic heterocycles. The highest BCUT2D eigenvalue weighted by atomic mass is 19.1. The molecular weight excluding hydrogens is 365 g/mol. The van der Waals surface area contributed by atoms with E-state index >= 15 is 0 Å². The van der Waals surface area contributed by atoms with Gasteiger partial charge < -0.3 is 15.1 Å². The van der Waals surface area contributed by atoms with E-state index in [4.69, 9.17) is 4.98 Å². The second kappa shape index (κ2) is 9.25. The van der Waals surface area contributed by atoms with E-state index in [9.17, 15) is 4.39 Å². The molecule has 6 heteroatoms. The van der Waals surface area contributed by atoms with Crippen LogP contribution in [0.15, 0.2) is 42.0 Å². The Morgan fingerprint density at radius 2 is 1.76 bits per heavy atom. The number of hydrogen-bond donors (Lipinski definition) is 1. The van der Waals surface area contributed by atoms with Gasteiger partial charge in [0.15, 0.2) is 0 Å². The molecule has 29 heavy (non-hydrogen) atoms. The summed E-state index contributed by atoms with van der Waals surface area (Å²) in [6.45, 7) is 6.47. The number of halogens is 1. The van der Waals surface area contributed by atoms with Crippen molar-refractivity contribution in [2.24, 2.45) is 0 Å². The fraction of sp³-hybridized carbons (Fsp3) is 0.478. The number of allylic oxidation sites excluding steroid dienone is 1. The molecule has 1 aromatic carbocycles. The van der Waals surface area contributed by atoms with Gasteiger partial charge in [-0.25, -0.2) is 9.37 Å². The molecule has 154 valence electrons. The first-order valence-corrected chi connectivity index (χ1v) is 10.7. The second-order valence-corrected chi connectivity index (χ2v) is 7.93. The van der Waals surface area contributed by atoms with Gasteiger partial charge in [0.1, 0.15) is 11.6 Å². The summed E-state index contributed by atoms with van der Waals surface area (Å²) in [5.41, 5.74) is 3.62. The Labute approximate surface area is 172 Å². The lowest BCUT2D eigenvalue weighted by atomic mass is 9.97. The number of piperazine rings is 1. The Morgan fingerprint density at radius 3 is 2.48 bits per heavy atom. The first-order chi connectivity index (χ1) is 14.2. The first kappa shape index (κ1) is 19.7. The zero-order valence-electron chi connectivity index (χ0n) is 17.2. The van der Waals surface area contributed by atoms with E-state index in [1.54, 1.807) is 5.57 Å². The minimum absolute atomic E-state index is 0.191. The molecule has 0 atom stereocenters. The minimum atomic E-state index is -0.191. The largest absolute Gasteiger partial charge is 0.368 e. The van der Waals surface area contributed by atoms with Crippen molar-refractivity contribution in [3.63, 3.8) is 0 Å². The van der Waals surface area contributed by atoms with Crippen molar-refractivity contribution in [2.45, 2.75) is 39.0 Å². The van der Waals surface area contributed by atoms with Crippen LogP contribution in [-0.4, -0.2) is 42.7 Å². The second-order valence-electron chi connectivity index (χ2n) is 7.93. The van der Waals surface area contributed by atoms with Crippen LogP contribution in [0.5, 0.6) is 0 Å². The third-order valence-electron chi connectivity index (χ3n) is 5.75. The predicted octanol–water partition coefficient (Wildman–Crippen LogP) is 4.55. The third kappa shape index (κ3) is 5.25. The van der Waals surface area contributed by atoms with E-state index in [-0.39, 0.29) is 5.82 Å². The van der Waals surface area contributed by atoms with Gasteiger partial charge in [0.2, 0.25) is 5.95 Å². The Kier molecular flexibility index (Phi) is 6.27. The van der Waals surface area contributed by atoms with Crippen LogP contribution in [0.3, 0.4) is 0 Å². The molecule has 1 N–H and O–H groups in total. The van der Waals surface area contributed by atoms with Crippen molar-refractivity contribution in [1.29, 1.82) is 0 Å². The van der Waals surface area contributed by atoms with Crippen LogP contribution in [0, 0.1) is 12.7 Å². The molecule has 0 bridgehead atoms. The SMILES string of the molecule is Cc1cc(N2CCN(c3ccc(F)cc3)CC2)nc(NCCC2=CCCCC2)n1. The Hall–Kier alpha value is -2.63. The molecule has 0 amide bonds. The maximum Gasteiger partial charge on any atom is 0.224 e. The van der Waals surface area contributed by atoms with Crippen molar-refractivity contribution < 1.29 is 4.39 Å². The number of nitrogens with zero attached hydrogens (tertiary/aromatic N) is 4. The lowest BCUT2D eigenvalue weighted by Crippen LogP contribution is -2.46. The number of hydrogen-bond acceptors (Lipinski definition) is 5. The molecule has 0 unspecified atom stereocenters. The molecule has 1 saturated heterocycles. The number of nitrogens with one attached hydrogen (secondary N) is 1. The molecule has 2 aromatic rings. The predicted molar refractivity (Wildman–Crippen MR) is 117 cm³/mol.